The molecule has 4 rings (SSSR count). The molecule has 206 valence electrons. The number of carbonyl (C=O) groups is 1. The van der Waals surface area contributed by atoms with Crippen molar-refractivity contribution in [1.82, 2.24) is 9.29 Å². The highest BCUT2D eigenvalue weighted by molar-refractivity contribution is 7.90. The van der Waals surface area contributed by atoms with E-state index in [4.69, 9.17) is 13.9 Å². The van der Waals surface area contributed by atoms with Crippen molar-refractivity contribution in [1.29, 1.82) is 0 Å². The van der Waals surface area contributed by atoms with Crippen LogP contribution in [0.2, 0.25) is 0 Å². The molecular weight excluding hydrogens is 538 g/mol. The summed E-state index contributed by atoms with van der Waals surface area (Å²) in [5.41, 5.74) is 2.88. The molecule has 0 fully saturated rings. The monoisotopic (exact) mass is 569 g/mol. The van der Waals surface area contributed by atoms with E-state index < -0.39 is 22.7 Å². The van der Waals surface area contributed by atoms with Gasteiger partial charge in [0.15, 0.2) is 0 Å². The topological polar surface area (TPSA) is 111 Å². The van der Waals surface area contributed by atoms with Gasteiger partial charge in [0.2, 0.25) is 5.89 Å². The van der Waals surface area contributed by atoms with E-state index in [1.165, 1.54) is 0 Å². The second-order valence-electron chi connectivity index (χ2n) is 8.79. The van der Waals surface area contributed by atoms with Gasteiger partial charge in [-0.15, -0.1) is 11.3 Å². The summed E-state index contributed by atoms with van der Waals surface area (Å²) in [6.45, 7) is 5.49. The van der Waals surface area contributed by atoms with Crippen LogP contribution in [0.3, 0.4) is 0 Å². The maximum Gasteiger partial charge on any atom is 0.321 e. The van der Waals surface area contributed by atoms with Gasteiger partial charge < -0.3 is 13.9 Å². The molecule has 2 heterocycles. The number of oxazole rings is 1. The third kappa shape index (κ3) is 7.92. The number of anilines is 1. The standard InChI is InChI=1S/C28H31N3O6S2/c1-4-35-27(32)19-31(39(33,34)30-23-12-10-20(2)11-13-23)18-22-7-5-8-24(17-22)36-15-14-25-21(3)37-28(29-25)26-9-6-16-38-26/h5-13,16-17,30H,4,14-15,18-19H2,1-3H3. The molecular formula is C28H31N3O6S2. The zero-order valence-corrected chi connectivity index (χ0v) is 23.7. The Balaban J connectivity index is 1.43. The normalized spacial score (nSPS) is 11.5. The van der Waals surface area contributed by atoms with Crippen molar-refractivity contribution >= 4 is 33.2 Å². The largest absolute Gasteiger partial charge is 0.493 e. The van der Waals surface area contributed by atoms with E-state index in [2.05, 4.69) is 9.71 Å². The molecule has 39 heavy (non-hydrogen) atoms. The number of ether oxygens (including phenoxy) is 2. The summed E-state index contributed by atoms with van der Waals surface area (Å²) in [6.07, 6.45) is 0.550. The maximum atomic E-state index is 13.2. The van der Waals surface area contributed by atoms with Crippen LogP contribution in [0.4, 0.5) is 5.69 Å². The number of nitrogens with zero attached hydrogens (tertiary/aromatic N) is 2. The van der Waals surface area contributed by atoms with Crippen molar-refractivity contribution in [3.8, 4) is 16.5 Å². The van der Waals surface area contributed by atoms with Crippen molar-refractivity contribution < 1.29 is 27.1 Å². The van der Waals surface area contributed by atoms with Gasteiger partial charge in [-0.25, -0.2) is 4.98 Å². The van der Waals surface area contributed by atoms with Crippen LogP contribution in [-0.2, 0) is 32.7 Å². The van der Waals surface area contributed by atoms with Gasteiger partial charge in [-0.2, -0.15) is 12.7 Å². The van der Waals surface area contributed by atoms with E-state index in [1.54, 1.807) is 66.8 Å². The molecule has 4 aromatic rings. The maximum absolute atomic E-state index is 13.2. The summed E-state index contributed by atoms with van der Waals surface area (Å²) < 4.78 is 46.8. The van der Waals surface area contributed by atoms with E-state index in [9.17, 15) is 13.2 Å². The number of hydrogen-bond donors (Lipinski definition) is 1. The third-order valence-corrected chi connectivity index (χ3v) is 8.03. The van der Waals surface area contributed by atoms with Crippen LogP contribution in [0.5, 0.6) is 5.75 Å². The fraction of sp³-hybridized carbons (Fsp3) is 0.286. The third-order valence-electron chi connectivity index (χ3n) is 5.74. The fourth-order valence-electron chi connectivity index (χ4n) is 3.78. The van der Waals surface area contributed by atoms with Crippen LogP contribution in [0.1, 0.15) is 29.5 Å². The number of benzene rings is 2. The molecule has 0 spiro atoms. The second-order valence-corrected chi connectivity index (χ2v) is 11.4. The molecule has 0 unspecified atom stereocenters. The minimum absolute atomic E-state index is 0.0518. The predicted octanol–water partition coefficient (Wildman–Crippen LogP) is 5.36. The molecule has 0 aliphatic rings. The van der Waals surface area contributed by atoms with Crippen molar-refractivity contribution in [2.75, 3.05) is 24.5 Å². The van der Waals surface area contributed by atoms with Gasteiger partial charge >= 0.3 is 16.2 Å². The number of esters is 1. The first kappa shape index (κ1) is 28.3. The van der Waals surface area contributed by atoms with E-state index in [-0.39, 0.29) is 13.2 Å². The molecule has 11 heteroatoms. The van der Waals surface area contributed by atoms with Crippen LogP contribution in [0.25, 0.3) is 10.8 Å². The number of hydrogen-bond acceptors (Lipinski definition) is 8. The Kier molecular flexibility index (Phi) is 9.39. The number of aryl methyl sites for hydroxylation is 2. The number of carbonyl (C=O) groups excluding carboxylic acids is 1. The molecule has 9 nitrogen and oxygen atoms in total. The lowest BCUT2D eigenvalue weighted by Crippen LogP contribution is -2.39. The minimum atomic E-state index is -4.06. The highest BCUT2D eigenvalue weighted by atomic mass is 32.2. The summed E-state index contributed by atoms with van der Waals surface area (Å²) in [7, 11) is -4.06. The summed E-state index contributed by atoms with van der Waals surface area (Å²) in [5.74, 6) is 1.29. The molecule has 1 N–H and O–H groups in total. The SMILES string of the molecule is CCOC(=O)CN(Cc1cccc(OCCc2nc(-c3cccs3)oc2C)c1)S(=O)(=O)Nc1ccc(C)cc1. The molecule has 0 bridgehead atoms. The van der Waals surface area contributed by atoms with E-state index >= 15 is 0 Å². The van der Waals surface area contributed by atoms with Crippen molar-refractivity contribution in [2.24, 2.45) is 0 Å². The molecule has 2 aromatic heterocycles. The minimum Gasteiger partial charge on any atom is -0.493 e. The molecule has 2 aromatic carbocycles. The van der Waals surface area contributed by atoms with Gasteiger partial charge in [-0.05, 0) is 62.0 Å². The predicted molar refractivity (Wildman–Crippen MR) is 151 cm³/mol. The van der Waals surface area contributed by atoms with Crippen molar-refractivity contribution in [3.05, 3.63) is 88.6 Å². The molecule has 0 saturated carbocycles. The Morgan fingerprint density at radius 2 is 1.90 bits per heavy atom. The zero-order valence-electron chi connectivity index (χ0n) is 22.0. The van der Waals surface area contributed by atoms with Crippen LogP contribution in [-0.4, -0.2) is 43.4 Å². The van der Waals surface area contributed by atoms with Crippen molar-refractivity contribution in [3.63, 3.8) is 0 Å². The molecule has 0 atom stereocenters. The summed E-state index contributed by atoms with van der Waals surface area (Å²) >= 11 is 1.57. The average molecular weight is 570 g/mol. The van der Waals surface area contributed by atoms with E-state index in [0.717, 1.165) is 26.2 Å². The molecule has 0 radical (unpaired) electrons. The fourth-order valence-corrected chi connectivity index (χ4v) is 5.59. The van der Waals surface area contributed by atoms with Gasteiger partial charge in [0.25, 0.3) is 0 Å². The molecule has 0 aliphatic heterocycles. The van der Waals surface area contributed by atoms with Gasteiger partial charge in [0.1, 0.15) is 18.1 Å². The lowest BCUT2D eigenvalue weighted by atomic mass is 10.2. The van der Waals surface area contributed by atoms with Crippen LogP contribution >= 0.6 is 11.3 Å². The van der Waals surface area contributed by atoms with Crippen LogP contribution < -0.4 is 9.46 Å². The quantitative estimate of drug-likeness (QED) is 0.216. The molecule has 0 saturated heterocycles. The van der Waals surface area contributed by atoms with E-state index in [0.29, 0.717) is 35.9 Å². The molecule has 0 amide bonds. The summed E-state index contributed by atoms with van der Waals surface area (Å²) in [6, 6.07) is 18.0. The Morgan fingerprint density at radius 3 is 2.62 bits per heavy atom. The summed E-state index contributed by atoms with van der Waals surface area (Å²) in [5, 5.41) is 1.97. The van der Waals surface area contributed by atoms with Gasteiger partial charge in [0.05, 0.1) is 23.8 Å². The van der Waals surface area contributed by atoms with E-state index in [1.807, 2.05) is 31.4 Å². The Bertz CT molecular complexity index is 1480. The van der Waals surface area contributed by atoms with Gasteiger partial charge in [0, 0.05) is 18.7 Å². The Morgan fingerprint density at radius 1 is 1.10 bits per heavy atom. The zero-order chi connectivity index (χ0) is 27.8. The number of thiophene rings is 1. The smallest absolute Gasteiger partial charge is 0.321 e. The number of nitrogens with one attached hydrogen (secondary N) is 1. The first-order valence-corrected chi connectivity index (χ1v) is 14.8. The highest BCUT2D eigenvalue weighted by Crippen LogP contribution is 2.26. The first-order chi connectivity index (χ1) is 18.7. The van der Waals surface area contributed by atoms with Crippen molar-refractivity contribution in [2.45, 2.75) is 33.7 Å². The lowest BCUT2D eigenvalue weighted by molar-refractivity contribution is -0.143. The number of aromatic nitrogens is 1. The number of rotatable bonds is 13. The van der Waals surface area contributed by atoms with Crippen LogP contribution in [0.15, 0.2) is 70.5 Å². The van der Waals surface area contributed by atoms with Gasteiger partial charge in [-0.1, -0.05) is 35.9 Å². The van der Waals surface area contributed by atoms with Crippen LogP contribution in [0, 0.1) is 13.8 Å². The highest BCUT2D eigenvalue weighted by Gasteiger charge is 2.26. The Hall–Kier alpha value is -3.67. The summed E-state index contributed by atoms with van der Waals surface area (Å²) in [4.78, 5) is 17.8. The average Bonchev–Trinajstić information content (AvgIpc) is 3.56. The first-order valence-electron chi connectivity index (χ1n) is 12.5. The second kappa shape index (κ2) is 12.9. The lowest BCUT2D eigenvalue weighted by Gasteiger charge is -2.22. The molecule has 0 aliphatic carbocycles. The van der Waals surface area contributed by atoms with Gasteiger partial charge in [-0.3, -0.25) is 9.52 Å². The Labute approximate surface area is 232 Å².